The normalized spacial score (nSPS) is 14.7. The largest absolute Gasteiger partial charge is 0.493 e. The molecule has 3 rings (SSSR count). The first-order valence-corrected chi connectivity index (χ1v) is 8.60. The van der Waals surface area contributed by atoms with Gasteiger partial charge < -0.3 is 18.9 Å². The number of methoxy groups -OCH3 is 2. The van der Waals surface area contributed by atoms with E-state index in [4.69, 9.17) is 14.2 Å². The molecule has 0 fully saturated rings. The maximum atomic E-state index is 12.7. The van der Waals surface area contributed by atoms with Crippen molar-refractivity contribution >= 4 is 27.8 Å². The number of hydrogen-bond donors (Lipinski definition) is 0. The summed E-state index contributed by atoms with van der Waals surface area (Å²) in [6.07, 6.45) is 1.60. The van der Waals surface area contributed by atoms with Crippen molar-refractivity contribution in [2.45, 2.75) is 6.61 Å². The van der Waals surface area contributed by atoms with Gasteiger partial charge in [0.2, 0.25) is 5.75 Å². The average molecular weight is 441 g/mol. The Morgan fingerprint density at radius 1 is 1.15 bits per heavy atom. The number of halogens is 3. The molecule has 5 nitrogen and oxygen atoms in total. The number of ether oxygens (including phenoxy) is 4. The van der Waals surface area contributed by atoms with Crippen LogP contribution in [-0.2, 0) is 0 Å². The minimum Gasteiger partial charge on any atom is -0.493 e. The van der Waals surface area contributed by atoms with Gasteiger partial charge in [0.1, 0.15) is 12.4 Å². The summed E-state index contributed by atoms with van der Waals surface area (Å²) >= 11 is 3.33. The van der Waals surface area contributed by atoms with Gasteiger partial charge in [0.15, 0.2) is 17.3 Å². The quantitative estimate of drug-likeness (QED) is 0.629. The van der Waals surface area contributed by atoms with E-state index in [2.05, 4.69) is 20.7 Å². The maximum Gasteiger partial charge on any atom is 0.387 e. The topological polar surface area (TPSA) is 54.0 Å². The number of Topliss-reactive ketones (excluding diaryl/α,β-unsaturated/α-hetero) is 1. The Morgan fingerprint density at radius 3 is 2.41 bits per heavy atom. The van der Waals surface area contributed by atoms with Crippen molar-refractivity contribution in [2.75, 3.05) is 20.8 Å². The van der Waals surface area contributed by atoms with E-state index in [1.165, 1.54) is 26.4 Å². The van der Waals surface area contributed by atoms with Gasteiger partial charge in [-0.1, -0.05) is 15.9 Å². The fourth-order valence-corrected chi connectivity index (χ4v) is 3.06. The monoisotopic (exact) mass is 440 g/mol. The van der Waals surface area contributed by atoms with Crippen LogP contribution in [0, 0.1) is 0 Å². The highest BCUT2D eigenvalue weighted by Gasteiger charge is 2.24. The second-order valence-electron chi connectivity index (χ2n) is 5.56. The smallest absolute Gasteiger partial charge is 0.387 e. The average Bonchev–Trinajstić information content (AvgIpc) is 2.64. The molecule has 0 saturated carbocycles. The lowest BCUT2D eigenvalue weighted by molar-refractivity contribution is -0.0526. The highest BCUT2D eigenvalue weighted by molar-refractivity contribution is 9.10. The van der Waals surface area contributed by atoms with Crippen LogP contribution in [0.15, 0.2) is 40.4 Å². The fraction of sp³-hybridized carbons (Fsp3) is 0.211. The van der Waals surface area contributed by atoms with E-state index in [-0.39, 0.29) is 29.6 Å². The van der Waals surface area contributed by atoms with Gasteiger partial charge >= 0.3 is 6.61 Å². The minimum absolute atomic E-state index is 0.0637. The predicted octanol–water partition coefficient (Wildman–Crippen LogP) is 4.73. The Morgan fingerprint density at radius 2 is 1.81 bits per heavy atom. The lowest BCUT2D eigenvalue weighted by Crippen LogP contribution is -2.19. The third-order valence-corrected chi connectivity index (χ3v) is 4.39. The summed E-state index contributed by atoms with van der Waals surface area (Å²) in [6, 6.07) is 8.16. The summed E-state index contributed by atoms with van der Waals surface area (Å²) in [6.45, 7) is -2.94. The van der Waals surface area contributed by atoms with Crippen LogP contribution in [0.4, 0.5) is 8.78 Å². The number of carbonyl (C=O) groups excluding carboxylic acids is 1. The third kappa shape index (κ3) is 4.05. The highest BCUT2D eigenvalue weighted by atomic mass is 79.9. The standard InChI is InChI=1S/C19H15BrF2O5/c1-24-15-6-10(7-16(25-2)18(15)27-19(21)22)5-11-9-26-14-4-3-12(20)8-13(14)17(11)23/h3-8,19H,9H2,1-2H3. The van der Waals surface area contributed by atoms with Gasteiger partial charge in [0.25, 0.3) is 0 Å². The molecule has 2 aromatic rings. The Kier molecular flexibility index (Phi) is 5.65. The van der Waals surface area contributed by atoms with E-state index in [9.17, 15) is 13.6 Å². The van der Waals surface area contributed by atoms with E-state index in [1.54, 1.807) is 24.3 Å². The number of ketones is 1. The van der Waals surface area contributed by atoms with Gasteiger partial charge in [-0.15, -0.1) is 0 Å². The Bertz CT molecular complexity index is 886. The van der Waals surface area contributed by atoms with Crippen molar-refractivity contribution < 1.29 is 32.5 Å². The molecule has 1 aliphatic rings. The van der Waals surface area contributed by atoms with E-state index >= 15 is 0 Å². The van der Waals surface area contributed by atoms with Crippen molar-refractivity contribution in [3.63, 3.8) is 0 Å². The summed E-state index contributed by atoms with van der Waals surface area (Å²) in [5.74, 6) is 0.250. The van der Waals surface area contributed by atoms with Crippen LogP contribution in [-0.4, -0.2) is 33.2 Å². The molecule has 2 aromatic carbocycles. The lowest BCUT2D eigenvalue weighted by atomic mass is 9.98. The van der Waals surface area contributed by atoms with Crippen molar-refractivity contribution in [1.29, 1.82) is 0 Å². The van der Waals surface area contributed by atoms with Crippen molar-refractivity contribution in [3.05, 3.63) is 51.5 Å². The minimum atomic E-state index is -3.03. The number of alkyl halides is 2. The van der Waals surface area contributed by atoms with Crippen LogP contribution in [0.3, 0.4) is 0 Å². The zero-order valence-electron chi connectivity index (χ0n) is 14.4. The summed E-state index contributed by atoms with van der Waals surface area (Å²) in [5.41, 5.74) is 1.38. The zero-order chi connectivity index (χ0) is 19.6. The Labute approximate surface area is 162 Å². The summed E-state index contributed by atoms with van der Waals surface area (Å²) in [5, 5.41) is 0. The molecular formula is C19H15BrF2O5. The zero-order valence-corrected chi connectivity index (χ0v) is 16.0. The van der Waals surface area contributed by atoms with Crippen LogP contribution in [0.25, 0.3) is 6.08 Å². The number of benzene rings is 2. The van der Waals surface area contributed by atoms with E-state index in [0.717, 1.165) is 4.47 Å². The molecular weight excluding hydrogens is 426 g/mol. The van der Waals surface area contributed by atoms with E-state index in [0.29, 0.717) is 22.4 Å². The van der Waals surface area contributed by atoms with Crippen molar-refractivity contribution in [2.24, 2.45) is 0 Å². The second-order valence-corrected chi connectivity index (χ2v) is 6.48. The van der Waals surface area contributed by atoms with Crippen LogP contribution in [0.2, 0.25) is 0 Å². The van der Waals surface area contributed by atoms with Gasteiger partial charge in [-0.05, 0) is 42.0 Å². The molecule has 0 aliphatic carbocycles. The van der Waals surface area contributed by atoms with Gasteiger partial charge in [0, 0.05) is 10.0 Å². The van der Waals surface area contributed by atoms with E-state index < -0.39 is 6.61 Å². The third-order valence-electron chi connectivity index (χ3n) is 3.89. The molecule has 0 aromatic heterocycles. The molecule has 1 heterocycles. The fourth-order valence-electron chi connectivity index (χ4n) is 2.70. The molecule has 142 valence electrons. The molecule has 0 radical (unpaired) electrons. The molecule has 1 aliphatic heterocycles. The van der Waals surface area contributed by atoms with Crippen molar-refractivity contribution in [1.82, 2.24) is 0 Å². The summed E-state index contributed by atoms with van der Waals surface area (Å²) < 4.78 is 46.4. The molecule has 0 amide bonds. The molecule has 0 bridgehead atoms. The van der Waals surface area contributed by atoms with Gasteiger partial charge in [-0.2, -0.15) is 8.78 Å². The SMILES string of the molecule is COc1cc(C=C2COc3ccc(Br)cc3C2=O)cc(OC)c1OC(F)F. The summed E-state index contributed by atoms with van der Waals surface area (Å²) in [4.78, 5) is 12.7. The van der Waals surface area contributed by atoms with Gasteiger partial charge in [-0.25, -0.2) is 0 Å². The Balaban J connectivity index is 2.01. The first-order valence-electron chi connectivity index (χ1n) is 7.81. The summed E-state index contributed by atoms with van der Waals surface area (Å²) in [7, 11) is 2.65. The molecule has 0 unspecified atom stereocenters. The molecule has 0 saturated heterocycles. The predicted molar refractivity (Wildman–Crippen MR) is 98.1 cm³/mol. The lowest BCUT2D eigenvalue weighted by Gasteiger charge is -2.19. The molecule has 0 spiro atoms. The van der Waals surface area contributed by atoms with Gasteiger partial charge in [0.05, 0.1) is 19.8 Å². The molecule has 8 heteroatoms. The van der Waals surface area contributed by atoms with Crippen LogP contribution in [0.1, 0.15) is 15.9 Å². The molecule has 27 heavy (non-hydrogen) atoms. The maximum absolute atomic E-state index is 12.7. The number of hydrogen-bond acceptors (Lipinski definition) is 5. The molecule has 0 atom stereocenters. The first-order chi connectivity index (χ1) is 12.9. The highest BCUT2D eigenvalue weighted by Crippen LogP contribution is 2.40. The Hall–Kier alpha value is -2.61. The first kappa shape index (κ1) is 19.2. The number of rotatable bonds is 5. The van der Waals surface area contributed by atoms with Gasteiger partial charge in [-0.3, -0.25) is 4.79 Å². The van der Waals surface area contributed by atoms with Crippen LogP contribution < -0.4 is 18.9 Å². The van der Waals surface area contributed by atoms with Crippen LogP contribution >= 0.6 is 15.9 Å². The molecule has 0 N–H and O–H groups in total. The van der Waals surface area contributed by atoms with Crippen LogP contribution in [0.5, 0.6) is 23.0 Å². The second kappa shape index (κ2) is 7.96. The number of carbonyl (C=O) groups is 1. The van der Waals surface area contributed by atoms with Crippen molar-refractivity contribution in [3.8, 4) is 23.0 Å². The van der Waals surface area contributed by atoms with E-state index in [1.807, 2.05) is 0 Å². The number of fused-ring (bicyclic) bond motifs is 1.